The van der Waals surface area contributed by atoms with Crippen LogP contribution in [-0.2, 0) is 30.6 Å². The predicted molar refractivity (Wildman–Crippen MR) is 218 cm³/mol. The second-order valence-corrected chi connectivity index (χ2v) is 17.3. The number of hydrogen-bond donors (Lipinski definition) is 0. The highest BCUT2D eigenvalue weighted by molar-refractivity contribution is 7.83. The smallest absolute Gasteiger partial charge is 0.350 e. The summed E-state index contributed by atoms with van der Waals surface area (Å²) in [5.41, 5.74) is 4.47. The summed E-state index contributed by atoms with van der Waals surface area (Å²) in [6, 6.07) is 40.2. The summed E-state index contributed by atoms with van der Waals surface area (Å²) < 4.78 is 30.5. The Morgan fingerprint density at radius 1 is 0.789 bits per heavy atom. The number of imidazole rings is 1. The number of fused-ring (bicyclic) bond motifs is 1. The van der Waals surface area contributed by atoms with Crippen molar-refractivity contribution in [1.82, 2.24) is 34.0 Å². The number of rotatable bonds is 12. The van der Waals surface area contributed by atoms with E-state index in [0.29, 0.717) is 61.7 Å². The Morgan fingerprint density at radius 2 is 1.35 bits per heavy atom. The number of benzene rings is 4. The van der Waals surface area contributed by atoms with Gasteiger partial charge >= 0.3 is 6.87 Å². The number of halogens is 1. The molecule has 4 aromatic carbocycles. The molecule has 12 nitrogen and oxygen atoms in total. The standard InChI is InChI=1S/C43H43ClN7O5P/c1-32(52)48-22-24-50(25-23-48)57(44,54)55-29-37-27-49(43(34-16-8-3-9-17-34,35-18-10-4-11-19-35)36-20-12-5-13-21-36)28-40(56-37)51-31-47-41-38(45-30-46-42(41)51)26-39(53)33-14-6-2-7-15-33/h2-21,30-31,37,40H,22-29H2,1H3. The molecule has 0 N–H and O–H groups in total. The van der Waals surface area contributed by atoms with Crippen molar-refractivity contribution >= 4 is 41.0 Å². The van der Waals surface area contributed by atoms with Gasteiger partial charge < -0.3 is 14.2 Å². The van der Waals surface area contributed by atoms with Gasteiger partial charge in [0, 0.05) is 51.8 Å². The van der Waals surface area contributed by atoms with Gasteiger partial charge in [-0.2, -0.15) is 0 Å². The van der Waals surface area contributed by atoms with E-state index >= 15 is 0 Å². The first kappa shape index (κ1) is 38.8. The van der Waals surface area contributed by atoms with Gasteiger partial charge in [-0.3, -0.25) is 23.6 Å². The Morgan fingerprint density at radius 3 is 1.91 bits per heavy atom. The number of morpholine rings is 1. The van der Waals surface area contributed by atoms with Gasteiger partial charge in [0.1, 0.15) is 18.1 Å². The van der Waals surface area contributed by atoms with Gasteiger partial charge in [0.25, 0.3) is 0 Å². The average molecular weight is 804 g/mol. The third kappa shape index (κ3) is 7.94. The Balaban J connectivity index is 1.19. The van der Waals surface area contributed by atoms with Gasteiger partial charge in [0.05, 0.1) is 36.7 Å². The summed E-state index contributed by atoms with van der Waals surface area (Å²) in [6.07, 6.45) is 1.90. The molecule has 6 aromatic rings. The van der Waals surface area contributed by atoms with Crippen molar-refractivity contribution in [3.8, 4) is 0 Å². The Bertz CT molecular complexity index is 2270. The molecule has 1 amide bonds. The number of ether oxygens (including phenoxy) is 1. The largest absolute Gasteiger partial charge is 0.363 e. The lowest BCUT2D eigenvalue weighted by atomic mass is 9.75. The normalized spacial score (nSPS) is 19.3. The fourth-order valence-corrected chi connectivity index (χ4v) is 9.84. The lowest BCUT2D eigenvalue weighted by Crippen LogP contribution is -2.57. The Labute approximate surface area is 336 Å². The van der Waals surface area contributed by atoms with E-state index < -0.39 is 24.7 Å². The van der Waals surface area contributed by atoms with Crippen molar-refractivity contribution < 1.29 is 23.4 Å². The highest BCUT2D eigenvalue weighted by Crippen LogP contribution is 2.56. The number of Topliss-reactive ketones (excluding diaryl/α,β-unsaturated/α-hetero) is 1. The zero-order chi connectivity index (χ0) is 39.4. The van der Waals surface area contributed by atoms with E-state index in [0.717, 1.165) is 16.7 Å². The molecule has 2 aromatic heterocycles. The van der Waals surface area contributed by atoms with Crippen LogP contribution in [0.5, 0.6) is 0 Å². The van der Waals surface area contributed by atoms with Crippen LogP contribution in [-0.4, -0.2) is 97.7 Å². The molecular weight excluding hydrogens is 761 g/mol. The Hall–Kier alpha value is -5.07. The maximum atomic E-state index is 14.0. The lowest BCUT2D eigenvalue weighted by Gasteiger charge is -2.50. The predicted octanol–water partition coefficient (Wildman–Crippen LogP) is 6.97. The highest BCUT2D eigenvalue weighted by atomic mass is 35.7. The van der Waals surface area contributed by atoms with Crippen molar-refractivity contribution in [3.63, 3.8) is 0 Å². The lowest BCUT2D eigenvalue weighted by molar-refractivity contribution is -0.145. The molecule has 0 saturated carbocycles. The number of aromatic nitrogens is 4. The summed E-state index contributed by atoms with van der Waals surface area (Å²) >= 11 is 6.72. The van der Waals surface area contributed by atoms with E-state index in [2.05, 4.69) is 51.3 Å². The number of hydrogen-bond acceptors (Lipinski definition) is 9. The molecule has 2 aliphatic heterocycles. The first-order chi connectivity index (χ1) is 27.7. The number of nitrogens with zero attached hydrogens (tertiary/aromatic N) is 7. The van der Waals surface area contributed by atoms with E-state index in [4.69, 9.17) is 25.5 Å². The molecule has 4 heterocycles. The van der Waals surface area contributed by atoms with Crippen LogP contribution in [0, 0.1) is 0 Å². The van der Waals surface area contributed by atoms with Crippen molar-refractivity contribution in [1.29, 1.82) is 0 Å². The molecule has 57 heavy (non-hydrogen) atoms. The SMILES string of the molecule is CC(=O)N1CCN(P(=O)(Cl)OCC2CN(C(c3ccccc3)(c3ccccc3)c3ccccc3)CC(n3cnc4c(CC(=O)c5ccccc5)ncnc43)O2)CC1. The quantitative estimate of drug-likeness (QED) is 0.0729. The number of ketones is 1. The third-order valence-electron chi connectivity index (χ3n) is 10.8. The van der Waals surface area contributed by atoms with Gasteiger partial charge in [0.15, 0.2) is 11.4 Å². The van der Waals surface area contributed by atoms with Gasteiger partial charge in [-0.05, 0) is 27.9 Å². The fraction of sp³-hybridized carbons (Fsp3) is 0.279. The summed E-state index contributed by atoms with van der Waals surface area (Å²) in [4.78, 5) is 43.2. The highest BCUT2D eigenvalue weighted by Gasteiger charge is 2.47. The van der Waals surface area contributed by atoms with Crippen LogP contribution in [0.2, 0.25) is 0 Å². The van der Waals surface area contributed by atoms with Crippen LogP contribution in [0.4, 0.5) is 0 Å². The zero-order valence-electron chi connectivity index (χ0n) is 31.5. The molecular formula is C43H43ClN7O5P. The molecule has 2 saturated heterocycles. The summed E-state index contributed by atoms with van der Waals surface area (Å²) in [5.74, 6) is -0.110. The summed E-state index contributed by atoms with van der Waals surface area (Å²) in [7, 11) is 0. The van der Waals surface area contributed by atoms with E-state index in [1.165, 1.54) is 13.3 Å². The second kappa shape index (κ2) is 16.8. The van der Waals surface area contributed by atoms with Crippen LogP contribution < -0.4 is 0 Å². The number of carbonyl (C=O) groups excluding carboxylic acids is 2. The Kier molecular flexibility index (Phi) is 11.4. The third-order valence-corrected chi connectivity index (χ3v) is 13.3. The van der Waals surface area contributed by atoms with Crippen molar-refractivity contribution in [3.05, 3.63) is 162 Å². The molecule has 2 aliphatic rings. The first-order valence-electron chi connectivity index (χ1n) is 19.0. The van der Waals surface area contributed by atoms with Gasteiger partial charge in [0.2, 0.25) is 5.91 Å². The molecule has 2 fully saturated rings. The van der Waals surface area contributed by atoms with Crippen LogP contribution in [0.15, 0.2) is 134 Å². The topological polar surface area (TPSA) is 123 Å². The molecule has 3 atom stereocenters. The van der Waals surface area contributed by atoms with Gasteiger partial charge in [-0.1, -0.05) is 121 Å². The molecule has 14 heteroatoms. The van der Waals surface area contributed by atoms with Crippen LogP contribution >= 0.6 is 18.1 Å². The summed E-state index contributed by atoms with van der Waals surface area (Å²) in [6.45, 7) is -0.106. The number of piperazine rings is 1. The van der Waals surface area contributed by atoms with E-state index in [9.17, 15) is 14.2 Å². The van der Waals surface area contributed by atoms with E-state index in [1.807, 2.05) is 77.4 Å². The zero-order valence-corrected chi connectivity index (χ0v) is 33.2. The van der Waals surface area contributed by atoms with Crippen LogP contribution in [0.3, 0.4) is 0 Å². The van der Waals surface area contributed by atoms with E-state index in [-0.39, 0.29) is 24.7 Å². The number of amides is 1. The molecule has 3 unspecified atom stereocenters. The molecule has 0 radical (unpaired) electrons. The number of carbonyl (C=O) groups is 2. The fourth-order valence-electron chi connectivity index (χ4n) is 8.05. The van der Waals surface area contributed by atoms with Crippen molar-refractivity contribution in [2.75, 3.05) is 45.9 Å². The van der Waals surface area contributed by atoms with Crippen LogP contribution in [0.1, 0.15) is 45.9 Å². The van der Waals surface area contributed by atoms with Crippen LogP contribution in [0.25, 0.3) is 11.2 Å². The monoisotopic (exact) mass is 803 g/mol. The van der Waals surface area contributed by atoms with Gasteiger partial charge in [-0.15, -0.1) is 0 Å². The first-order valence-corrected chi connectivity index (χ1v) is 21.5. The molecule has 8 rings (SSSR count). The maximum absolute atomic E-state index is 14.0. The maximum Gasteiger partial charge on any atom is 0.363 e. The van der Waals surface area contributed by atoms with Crippen molar-refractivity contribution in [2.24, 2.45) is 0 Å². The molecule has 292 valence electrons. The second-order valence-electron chi connectivity index (χ2n) is 14.2. The summed E-state index contributed by atoms with van der Waals surface area (Å²) in [5, 5.41) is 0. The average Bonchev–Trinajstić information content (AvgIpc) is 3.70. The minimum Gasteiger partial charge on any atom is -0.350 e. The molecule has 0 aliphatic carbocycles. The minimum absolute atomic E-state index is 0.0346. The molecule has 0 spiro atoms. The van der Waals surface area contributed by atoms with E-state index in [1.54, 1.807) is 28.0 Å². The van der Waals surface area contributed by atoms with Crippen molar-refractivity contribution in [2.45, 2.75) is 31.2 Å². The molecule has 0 bridgehead atoms. The van der Waals surface area contributed by atoms with Gasteiger partial charge in [-0.25, -0.2) is 19.6 Å². The minimum atomic E-state index is -3.79.